The van der Waals surface area contributed by atoms with Gasteiger partial charge in [-0.2, -0.15) is 0 Å². The fourth-order valence-corrected chi connectivity index (χ4v) is 1.92. The predicted octanol–water partition coefficient (Wildman–Crippen LogP) is 2.95. The molecule has 5 heteroatoms. The molecule has 2 rings (SSSR count). The number of carbonyl (C=O) groups is 1. The Hall–Kier alpha value is -2.56. The van der Waals surface area contributed by atoms with Crippen LogP contribution in [-0.4, -0.2) is 19.1 Å². The third kappa shape index (κ3) is 4.77. The van der Waals surface area contributed by atoms with Crippen LogP contribution in [0.3, 0.4) is 0 Å². The number of ether oxygens (including phenoxy) is 1. The van der Waals surface area contributed by atoms with Gasteiger partial charge in [-0.3, -0.25) is 4.79 Å². The molecule has 22 heavy (non-hydrogen) atoms. The number of nitrogens with one attached hydrogen (secondary N) is 2. The fraction of sp³-hybridized carbons (Fsp3) is 0.235. The maximum Gasteiger partial charge on any atom is 0.239 e. The zero-order valence-corrected chi connectivity index (χ0v) is 12.4. The Morgan fingerprint density at radius 3 is 2.55 bits per heavy atom. The van der Waals surface area contributed by atoms with Gasteiger partial charge in [0.05, 0.1) is 13.2 Å². The Morgan fingerprint density at radius 2 is 1.86 bits per heavy atom. The highest BCUT2D eigenvalue weighted by Crippen LogP contribution is 2.15. The quantitative estimate of drug-likeness (QED) is 0.827. The number of halogens is 1. The van der Waals surface area contributed by atoms with Crippen molar-refractivity contribution in [1.29, 1.82) is 0 Å². The van der Waals surface area contributed by atoms with Gasteiger partial charge in [-0.1, -0.05) is 18.2 Å². The Labute approximate surface area is 129 Å². The van der Waals surface area contributed by atoms with E-state index in [4.69, 9.17) is 4.74 Å². The van der Waals surface area contributed by atoms with E-state index < -0.39 is 0 Å². The second-order valence-corrected chi connectivity index (χ2v) is 4.68. The molecule has 0 spiro atoms. The average molecular weight is 302 g/mol. The lowest BCUT2D eigenvalue weighted by Crippen LogP contribution is -2.29. The fourth-order valence-electron chi connectivity index (χ4n) is 1.92. The summed E-state index contributed by atoms with van der Waals surface area (Å²) in [5, 5.41) is 5.68. The summed E-state index contributed by atoms with van der Waals surface area (Å²) < 4.78 is 18.8. The zero-order valence-electron chi connectivity index (χ0n) is 12.4. The lowest BCUT2D eigenvalue weighted by Gasteiger charge is -2.09. The van der Waals surface area contributed by atoms with E-state index in [1.54, 1.807) is 18.2 Å². The van der Waals surface area contributed by atoms with Crippen LogP contribution in [0.5, 0.6) is 5.75 Å². The van der Waals surface area contributed by atoms with Crippen LogP contribution in [0.1, 0.15) is 12.5 Å². The van der Waals surface area contributed by atoms with Crippen LogP contribution >= 0.6 is 0 Å². The molecule has 0 aliphatic heterocycles. The predicted molar refractivity (Wildman–Crippen MR) is 84.3 cm³/mol. The van der Waals surface area contributed by atoms with Gasteiger partial charge < -0.3 is 15.4 Å². The van der Waals surface area contributed by atoms with Crippen LogP contribution in [0.2, 0.25) is 0 Å². The first kappa shape index (κ1) is 15.8. The van der Waals surface area contributed by atoms with Crippen molar-refractivity contribution in [3.63, 3.8) is 0 Å². The van der Waals surface area contributed by atoms with Crippen LogP contribution in [0.25, 0.3) is 0 Å². The van der Waals surface area contributed by atoms with Gasteiger partial charge in [-0.15, -0.1) is 0 Å². The first-order valence-corrected chi connectivity index (χ1v) is 7.16. The third-order valence-electron chi connectivity index (χ3n) is 3.05. The number of anilines is 1. The molecule has 2 aromatic rings. The summed E-state index contributed by atoms with van der Waals surface area (Å²) in [6, 6.07) is 13.7. The van der Waals surface area contributed by atoms with Crippen LogP contribution in [0.4, 0.5) is 10.1 Å². The molecule has 0 saturated carbocycles. The van der Waals surface area contributed by atoms with Crippen LogP contribution in [0.15, 0.2) is 48.5 Å². The van der Waals surface area contributed by atoms with Gasteiger partial charge in [0.1, 0.15) is 11.6 Å². The highest BCUT2D eigenvalue weighted by Gasteiger charge is 2.04. The largest absolute Gasteiger partial charge is 0.494 e. The molecule has 0 unspecified atom stereocenters. The number of rotatable bonds is 7. The van der Waals surface area contributed by atoms with E-state index >= 15 is 0 Å². The number of benzene rings is 2. The van der Waals surface area contributed by atoms with Gasteiger partial charge in [0, 0.05) is 17.8 Å². The summed E-state index contributed by atoms with van der Waals surface area (Å²) in [7, 11) is 0. The van der Waals surface area contributed by atoms with Crippen molar-refractivity contribution in [3.05, 3.63) is 59.9 Å². The summed E-state index contributed by atoms with van der Waals surface area (Å²) in [6.45, 7) is 2.84. The smallest absolute Gasteiger partial charge is 0.239 e. The zero-order chi connectivity index (χ0) is 15.8. The number of carbonyl (C=O) groups excluding carboxylic acids is 1. The molecule has 2 aromatic carbocycles. The van der Waals surface area contributed by atoms with E-state index in [2.05, 4.69) is 10.6 Å². The van der Waals surface area contributed by atoms with Gasteiger partial charge in [0.15, 0.2) is 0 Å². The molecule has 0 atom stereocenters. The van der Waals surface area contributed by atoms with Crippen molar-refractivity contribution < 1.29 is 13.9 Å². The van der Waals surface area contributed by atoms with Gasteiger partial charge in [0.2, 0.25) is 5.91 Å². The molecule has 0 fully saturated rings. The van der Waals surface area contributed by atoms with Crippen molar-refractivity contribution in [2.45, 2.75) is 13.5 Å². The SMILES string of the molecule is CCOc1ccc(NCC(=O)NCc2ccccc2F)cc1. The molecule has 0 aliphatic rings. The Balaban J connectivity index is 1.76. The summed E-state index contributed by atoms with van der Waals surface area (Å²) in [5.74, 6) is 0.275. The van der Waals surface area contributed by atoms with Crippen LogP contribution < -0.4 is 15.4 Å². The van der Waals surface area contributed by atoms with Crippen molar-refractivity contribution in [2.75, 3.05) is 18.5 Å². The maximum atomic E-state index is 13.4. The molecular formula is C17H19FN2O2. The Bertz CT molecular complexity index is 614. The highest BCUT2D eigenvalue weighted by atomic mass is 19.1. The van der Waals surface area contributed by atoms with E-state index in [9.17, 15) is 9.18 Å². The number of amides is 1. The molecule has 0 aromatic heterocycles. The minimum Gasteiger partial charge on any atom is -0.494 e. The van der Waals surface area contributed by atoms with E-state index in [1.165, 1.54) is 6.07 Å². The number of hydrogen-bond donors (Lipinski definition) is 2. The molecule has 4 nitrogen and oxygen atoms in total. The lowest BCUT2D eigenvalue weighted by atomic mass is 10.2. The second kappa shape index (κ2) is 8.02. The topological polar surface area (TPSA) is 50.4 Å². The van der Waals surface area contributed by atoms with Gasteiger partial charge in [-0.25, -0.2) is 4.39 Å². The minimum absolute atomic E-state index is 0.127. The lowest BCUT2D eigenvalue weighted by molar-refractivity contribution is -0.119. The van der Waals surface area contributed by atoms with Crippen molar-refractivity contribution in [1.82, 2.24) is 5.32 Å². The molecule has 2 N–H and O–H groups in total. The van der Waals surface area contributed by atoms with Crippen molar-refractivity contribution in [2.24, 2.45) is 0 Å². The molecule has 0 heterocycles. The molecular weight excluding hydrogens is 283 g/mol. The molecule has 116 valence electrons. The highest BCUT2D eigenvalue weighted by molar-refractivity contribution is 5.80. The number of hydrogen-bond acceptors (Lipinski definition) is 3. The summed E-state index contributed by atoms with van der Waals surface area (Å²) in [6.07, 6.45) is 0. The Kier molecular flexibility index (Phi) is 5.77. The minimum atomic E-state index is -0.317. The van der Waals surface area contributed by atoms with Crippen LogP contribution in [0, 0.1) is 5.82 Å². The first-order valence-electron chi connectivity index (χ1n) is 7.16. The standard InChI is InChI=1S/C17H19FN2O2/c1-2-22-15-9-7-14(8-10-15)19-12-17(21)20-11-13-5-3-4-6-16(13)18/h3-10,19H,2,11-12H2,1H3,(H,20,21). The summed E-state index contributed by atoms with van der Waals surface area (Å²) in [4.78, 5) is 11.7. The third-order valence-corrected chi connectivity index (χ3v) is 3.05. The monoisotopic (exact) mass is 302 g/mol. The Morgan fingerprint density at radius 1 is 1.14 bits per heavy atom. The molecule has 1 amide bonds. The average Bonchev–Trinajstić information content (AvgIpc) is 2.54. The molecule has 0 saturated heterocycles. The van der Waals surface area contributed by atoms with Crippen molar-refractivity contribution >= 4 is 11.6 Å². The van der Waals surface area contributed by atoms with E-state index in [1.807, 2.05) is 31.2 Å². The van der Waals surface area contributed by atoms with Crippen molar-refractivity contribution in [3.8, 4) is 5.75 Å². The normalized spacial score (nSPS) is 10.1. The molecule has 0 aliphatic carbocycles. The van der Waals surface area contributed by atoms with E-state index in [-0.39, 0.29) is 24.8 Å². The summed E-state index contributed by atoms with van der Waals surface area (Å²) in [5.41, 5.74) is 1.29. The maximum absolute atomic E-state index is 13.4. The van der Waals surface area contributed by atoms with Gasteiger partial charge in [0.25, 0.3) is 0 Å². The molecule has 0 bridgehead atoms. The first-order chi connectivity index (χ1) is 10.7. The van der Waals surface area contributed by atoms with Crippen LogP contribution in [-0.2, 0) is 11.3 Å². The molecule has 0 radical (unpaired) electrons. The van der Waals surface area contributed by atoms with E-state index in [0.29, 0.717) is 12.2 Å². The summed E-state index contributed by atoms with van der Waals surface area (Å²) >= 11 is 0. The van der Waals surface area contributed by atoms with Gasteiger partial charge in [-0.05, 0) is 37.3 Å². The second-order valence-electron chi connectivity index (χ2n) is 4.68. The van der Waals surface area contributed by atoms with Gasteiger partial charge >= 0.3 is 0 Å². The van der Waals surface area contributed by atoms with E-state index in [0.717, 1.165) is 11.4 Å².